The van der Waals surface area contributed by atoms with E-state index in [1.165, 1.54) is 64.7 Å². The average Bonchev–Trinajstić information content (AvgIpc) is 3.95. The predicted molar refractivity (Wildman–Crippen MR) is 244 cm³/mol. The van der Waals surface area contributed by atoms with Crippen molar-refractivity contribution in [2.24, 2.45) is 0 Å². The van der Waals surface area contributed by atoms with Gasteiger partial charge in [-0.15, -0.1) is 11.3 Å². The van der Waals surface area contributed by atoms with Crippen LogP contribution >= 0.6 is 11.3 Å². The van der Waals surface area contributed by atoms with Gasteiger partial charge < -0.3 is 9.32 Å². The molecule has 0 spiro atoms. The van der Waals surface area contributed by atoms with Crippen LogP contribution in [-0.4, -0.2) is 0 Å². The molecule has 0 fully saturated rings. The summed E-state index contributed by atoms with van der Waals surface area (Å²) in [6.45, 7) is 0. The van der Waals surface area contributed by atoms with Crippen molar-refractivity contribution < 1.29 is 4.42 Å². The van der Waals surface area contributed by atoms with Gasteiger partial charge in [-0.25, -0.2) is 0 Å². The maximum atomic E-state index is 6.30. The van der Waals surface area contributed by atoms with E-state index in [9.17, 15) is 0 Å². The van der Waals surface area contributed by atoms with Crippen LogP contribution in [0, 0.1) is 0 Å². The van der Waals surface area contributed by atoms with Gasteiger partial charge in [0.15, 0.2) is 0 Å². The molecule has 3 heteroatoms. The first-order valence-corrected chi connectivity index (χ1v) is 20.6. The minimum atomic E-state index is -0.455. The normalized spacial score (nSPS) is 13.0. The van der Waals surface area contributed by atoms with E-state index < -0.39 is 5.41 Å². The molecule has 0 amide bonds. The van der Waals surface area contributed by atoms with Crippen LogP contribution in [0.2, 0.25) is 0 Å². The largest absolute Gasteiger partial charge is 0.456 e. The summed E-state index contributed by atoms with van der Waals surface area (Å²) >= 11 is 1.86. The van der Waals surface area contributed by atoms with Gasteiger partial charge in [0.2, 0.25) is 0 Å². The molecule has 9 aromatic carbocycles. The molecule has 0 aliphatic heterocycles. The predicted octanol–water partition coefficient (Wildman–Crippen LogP) is 15.5. The number of benzene rings is 9. The number of hydrogen-bond donors (Lipinski definition) is 0. The Balaban J connectivity index is 1.04. The molecule has 1 aliphatic rings. The van der Waals surface area contributed by atoms with Crippen molar-refractivity contribution in [3.05, 3.63) is 235 Å². The highest BCUT2D eigenvalue weighted by Crippen LogP contribution is 2.57. The summed E-state index contributed by atoms with van der Waals surface area (Å²) in [4.78, 5) is 2.40. The van der Waals surface area contributed by atoms with Crippen LogP contribution in [0.5, 0.6) is 0 Å². The lowest BCUT2D eigenvalue weighted by atomic mass is 9.68. The summed E-state index contributed by atoms with van der Waals surface area (Å²) in [6, 6.07) is 77.6. The fraction of sp³-hybridized carbons (Fsp3) is 0.0182. The molecule has 58 heavy (non-hydrogen) atoms. The molecule has 2 aromatic heterocycles. The third kappa shape index (κ3) is 4.90. The molecule has 272 valence electrons. The van der Waals surface area contributed by atoms with E-state index >= 15 is 0 Å². The molecule has 2 heterocycles. The van der Waals surface area contributed by atoms with Gasteiger partial charge in [-0.1, -0.05) is 152 Å². The molecule has 0 radical (unpaired) electrons. The van der Waals surface area contributed by atoms with Gasteiger partial charge in [0.05, 0.1) is 5.41 Å². The van der Waals surface area contributed by atoms with Crippen LogP contribution in [0.4, 0.5) is 17.1 Å². The van der Waals surface area contributed by atoms with E-state index in [4.69, 9.17) is 4.42 Å². The van der Waals surface area contributed by atoms with E-state index in [0.29, 0.717) is 0 Å². The van der Waals surface area contributed by atoms with Gasteiger partial charge in [-0.2, -0.15) is 0 Å². The molecule has 0 saturated carbocycles. The maximum absolute atomic E-state index is 6.30. The Bertz CT molecular complexity index is 3300. The third-order valence-electron chi connectivity index (χ3n) is 12.2. The van der Waals surface area contributed by atoms with Crippen LogP contribution in [0.15, 0.2) is 217 Å². The van der Waals surface area contributed by atoms with Crippen LogP contribution in [0.25, 0.3) is 64.4 Å². The Labute approximate surface area is 340 Å². The smallest absolute Gasteiger partial charge is 0.135 e. The molecule has 2 nitrogen and oxygen atoms in total. The van der Waals surface area contributed by atoms with Crippen LogP contribution in [-0.2, 0) is 5.41 Å². The lowest BCUT2D eigenvalue weighted by molar-refractivity contribution is 0.669. The second-order valence-corrected chi connectivity index (χ2v) is 16.3. The van der Waals surface area contributed by atoms with Crippen LogP contribution in [0.1, 0.15) is 22.3 Å². The topological polar surface area (TPSA) is 16.4 Å². The summed E-state index contributed by atoms with van der Waals surface area (Å²) in [5, 5.41) is 4.86. The van der Waals surface area contributed by atoms with Crippen LogP contribution < -0.4 is 4.90 Å². The fourth-order valence-corrected chi connectivity index (χ4v) is 10.7. The minimum Gasteiger partial charge on any atom is -0.456 e. The van der Waals surface area contributed by atoms with Crippen molar-refractivity contribution >= 4 is 70.5 Å². The molecule has 12 rings (SSSR count). The first kappa shape index (κ1) is 33.0. The summed E-state index contributed by atoms with van der Waals surface area (Å²) in [6.07, 6.45) is 0. The number of nitrogens with zero attached hydrogens (tertiary/aromatic N) is 1. The quantitative estimate of drug-likeness (QED) is 0.168. The molecule has 1 aliphatic carbocycles. The van der Waals surface area contributed by atoms with Gasteiger partial charge in [0.1, 0.15) is 11.2 Å². The van der Waals surface area contributed by atoms with E-state index in [0.717, 1.165) is 39.0 Å². The Kier molecular flexibility index (Phi) is 7.35. The zero-order valence-corrected chi connectivity index (χ0v) is 32.3. The Morgan fingerprint density at radius 1 is 0.362 bits per heavy atom. The number of anilines is 3. The minimum absolute atomic E-state index is 0.455. The summed E-state index contributed by atoms with van der Waals surface area (Å²) in [5.41, 5.74) is 14.6. The third-order valence-corrected chi connectivity index (χ3v) is 13.3. The van der Waals surface area contributed by atoms with Crippen LogP contribution in [0.3, 0.4) is 0 Å². The van der Waals surface area contributed by atoms with E-state index in [1.54, 1.807) is 0 Å². The molecule has 0 saturated heterocycles. The van der Waals surface area contributed by atoms with Crippen molar-refractivity contribution in [3.8, 4) is 22.3 Å². The first-order valence-electron chi connectivity index (χ1n) is 19.8. The van der Waals surface area contributed by atoms with Gasteiger partial charge in [0, 0.05) is 48.0 Å². The number of para-hydroxylation sites is 1. The highest BCUT2D eigenvalue weighted by atomic mass is 32.1. The lowest BCUT2D eigenvalue weighted by Gasteiger charge is -2.34. The van der Waals surface area contributed by atoms with Crippen molar-refractivity contribution in [2.45, 2.75) is 5.41 Å². The van der Waals surface area contributed by atoms with Crippen molar-refractivity contribution in [1.82, 2.24) is 0 Å². The molecule has 0 bridgehead atoms. The van der Waals surface area contributed by atoms with Crippen molar-refractivity contribution in [1.29, 1.82) is 0 Å². The molecular formula is C55H35NOS. The number of fused-ring (bicyclic) bond motifs is 9. The van der Waals surface area contributed by atoms with Crippen molar-refractivity contribution in [2.75, 3.05) is 4.90 Å². The summed E-state index contributed by atoms with van der Waals surface area (Å²) in [7, 11) is 0. The van der Waals surface area contributed by atoms with E-state index in [2.05, 4.69) is 205 Å². The zero-order valence-electron chi connectivity index (χ0n) is 31.5. The highest BCUT2D eigenvalue weighted by Gasteiger charge is 2.46. The summed E-state index contributed by atoms with van der Waals surface area (Å²) in [5.74, 6) is 0. The maximum Gasteiger partial charge on any atom is 0.135 e. The SMILES string of the molecule is c1ccc(C2(c3ccccc3)c3ccccc3-c3cc(N(c4ccc(-c5ccc6c(c5)sc5ccccc56)cc4)c4ccc5oc6ccccc6c5c4)ccc32)cc1. The fourth-order valence-electron chi connectivity index (χ4n) is 9.58. The Morgan fingerprint density at radius 2 is 0.948 bits per heavy atom. The van der Waals surface area contributed by atoms with Gasteiger partial charge in [-0.05, 0) is 105 Å². The van der Waals surface area contributed by atoms with Gasteiger partial charge >= 0.3 is 0 Å². The lowest BCUT2D eigenvalue weighted by Crippen LogP contribution is -2.28. The second-order valence-electron chi connectivity index (χ2n) is 15.2. The number of hydrogen-bond acceptors (Lipinski definition) is 3. The zero-order chi connectivity index (χ0) is 38.2. The Morgan fingerprint density at radius 3 is 1.76 bits per heavy atom. The van der Waals surface area contributed by atoms with Gasteiger partial charge in [-0.3, -0.25) is 0 Å². The Hall–Kier alpha value is -7.20. The summed E-state index contributed by atoms with van der Waals surface area (Å²) < 4.78 is 8.94. The van der Waals surface area contributed by atoms with Crippen molar-refractivity contribution in [3.63, 3.8) is 0 Å². The standard InChI is InChI=1S/C55H35NOS/c1-3-13-38(14-4-1)55(39-15-5-2-6-16-39)49-20-10-7-17-43(49)47-34-41(28-31-50(47)55)56(42-29-32-52-48(35-42)44-18-8-11-21-51(44)57-52)40-26-23-36(24-27-40)37-25-30-46-45-19-9-12-22-53(45)58-54(46)33-37/h1-35H. The molecule has 0 N–H and O–H groups in total. The molecule has 0 unspecified atom stereocenters. The number of furan rings is 1. The number of thiophene rings is 1. The van der Waals surface area contributed by atoms with E-state index in [1.807, 2.05) is 23.5 Å². The highest BCUT2D eigenvalue weighted by molar-refractivity contribution is 7.25. The van der Waals surface area contributed by atoms with Gasteiger partial charge in [0.25, 0.3) is 0 Å². The number of rotatable bonds is 6. The second kappa shape index (κ2) is 12.9. The molecule has 11 aromatic rings. The average molecular weight is 758 g/mol. The molecule has 0 atom stereocenters. The van der Waals surface area contributed by atoms with E-state index in [-0.39, 0.29) is 0 Å². The first-order chi connectivity index (χ1) is 28.7. The molecular weight excluding hydrogens is 723 g/mol. The monoisotopic (exact) mass is 757 g/mol.